The van der Waals surface area contributed by atoms with Crippen LogP contribution in [0.1, 0.15) is 42.5 Å². The lowest BCUT2D eigenvalue weighted by Crippen LogP contribution is -2.62. The van der Waals surface area contributed by atoms with E-state index >= 15 is 0 Å². The van der Waals surface area contributed by atoms with E-state index in [0.717, 1.165) is 22.3 Å². The molecule has 6 rings (SSSR count). The molecule has 0 amide bonds. The van der Waals surface area contributed by atoms with E-state index in [2.05, 4.69) is 10.0 Å². The van der Waals surface area contributed by atoms with Crippen molar-refractivity contribution in [1.29, 1.82) is 0 Å². The highest BCUT2D eigenvalue weighted by Gasteiger charge is 2.51. The molecular weight excluding hydrogens is 727 g/mol. The molecule has 12 heteroatoms. The van der Waals surface area contributed by atoms with Gasteiger partial charge in [0.15, 0.2) is 12.6 Å². The van der Waals surface area contributed by atoms with Crippen molar-refractivity contribution >= 4 is 0 Å². The van der Waals surface area contributed by atoms with Gasteiger partial charge in [-0.1, -0.05) is 140 Å². The van der Waals surface area contributed by atoms with Crippen LogP contribution in [-0.4, -0.2) is 80.7 Å². The number of rotatable bonds is 21. The summed E-state index contributed by atoms with van der Waals surface area (Å²) in [6, 6.07) is 39.6. The van der Waals surface area contributed by atoms with Gasteiger partial charge in [-0.05, 0) is 34.2 Å². The molecular formula is C45H55N3O9. The first-order chi connectivity index (χ1) is 28.0. The molecule has 12 nitrogen and oxygen atoms in total. The molecule has 0 radical (unpaired) electrons. The van der Waals surface area contributed by atoms with Gasteiger partial charge in [0.05, 0.1) is 58.0 Å². The largest absolute Gasteiger partial charge is 0.390 e. The van der Waals surface area contributed by atoms with Crippen molar-refractivity contribution in [3.63, 3.8) is 0 Å². The Labute approximate surface area is 335 Å². The first kappa shape index (κ1) is 42.4. The van der Waals surface area contributed by atoms with Crippen LogP contribution < -0.4 is 0 Å². The molecule has 4 aromatic carbocycles. The number of benzene rings is 4. The zero-order valence-electron chi connectivity index (χ0n) is 32.7. The van der Waals surface area contributed by atoms with Crippen molar-refractivity contribution in [3.05, 3.63) is 154 Å². The summed E-state index contributed by atoms with van der Waals surface area (Å²) in [4.78, 5) is 2.86. The van der Waals surface area contributed by atoms with Crippen LogP contribution in [0.15, 0.2) is 126 Å². The summed E-state index contributed by atoms with van der Waals surface area (Å²) in [5, 5.41) is 15.5. The number of nitrogens with zero attached hydrogens (tertiary/aromatic N) is 3. The lowest BCUT2D eigenvalue weighted by Gasteiger charge is -2.49. The topological polar surface area (TPSA) is 143 Å². The van der Waals surface area contributed by atoms with Gasteiger partial charge in [0.2, 0.25) is 0 Å². The van der Waals surface area contributed by atoms with E-state index in [4.69, 9.17) is 43.4 Å². The Morgan fingerprint density at radius 3 is 1.58 bits per heavy atom. The van der Waals surface area contributed by atoms with Crippen LogP contribution in [0, 0.1) is 11.8 Å². The van der Waals surface area contributed by atoms with Crippen molar-refractivity contribution in [2.75, 3.05) is 26.4 Å². The smallest absolute Gasteiger partial charge is 0.187 e. The van der Waals surface area contributed by atoms with Gasteiger partial charge in [-0.3, -0.25) is 0 Å². The van der Waals surface area contributed by atoms with Gasteiger partial charge in [0.25, 0.3) is 0 Å². The van der Waals surface area contributed by atoms with Gasteiger partial charge in [0.1, 0.15) is 18.3 Å². The fraction of sp³-hybridized carbons (Fsp3) is 0.467. The summed E-state index contributed by atoms with van der Waals surface area (Å²) in [5.74, 6) is -0.630. The van der Waals surface area contributed by atoms with Gasteiger partial charge >= 0.3 is 0 Å². The second-order valence-electron chi connectivity index (χ2n) is 14.6. The van der Waals surface area contributed by atoms with Crippen molar-refractivity contribution in [1.82, 2.24) is 0 Å². The number of aliphatic hydroxyl groups is 1. The summed E-state index contributed by atoms with van der Waals surface area (Å²) in [5.41, 5.74) is 12.8. The van der Waals surface area contributed by atoms with E-state index in [1.807, 2.05) is 135 Å². The molecule has 2 aliphatic heterocycles. The van der Waals surface area contributed by atoms with Crippen molar-refractivity contribution in [3.8, 4) is 0 Å². The molecule has 0 aromatic heterocycles. The number of ether oxygens (including phenoxy) is 8. The predicted octanol–water partition coefficient (Wildman–Crippen LogP) is 7.78. The highest BCUT2D eigenvalue weighted by Crippen LogP contribution is 2.37. The molecule has 4 aromatic rings. The molecule has 2 heterocycles. The highest BCUT2D eigenvalue weighted by molar-refractivity contribution is 5.16. The zero-order valence-corrected chi connectivity index (χ0v) is 32.7. The molecule has 0 spiro atoms. The number of aliphatic hydroxyl groups excluding tert-OH is 1. The Balaban J connectivity index is 1.25. The van der Waals surface area contributed by atoms with E-state index in [9.17, 15) is 5.11 Å². The third-order valence-electron chi connectivity index (χ3n) is 10.4. The van der Waals surface area contributed by atoms with Gasteiger partial charge in [-0.15, -0.1) is 0 Å². The summed E-state index contributed by atoms with van der Waals surface area (Å²) >= 11 is 0. The van der Waals surface area contributed by atoms with Crippen LogP contribution in [0.3, 0.4) is 0 Å². The van der Waals surface area contributed by atoms with Crippen LogP contribution in [0.2, 0.25) is 0 Å². The zero-order chi connectivity index (χ0) is 39.7. The minimum absolute atomic E-state index is 0.179. The minimum atomic E-state index is -0.992. The highest BCUT2D eigenvalue weighted by atomic mass is 16.7. The van der Waals surface area contributed by atoms with E-state index < -0.39 is 49.2 Å². The van der Waals surface area contributed by atoms with Crippen LogP contribution in [0.4, 0.5) is 0 Å². The standard InChI is InChI=1S/C45H55N3O9/c1-32-38(30-50-26-34-16-7-3-8-17-34)55-45(43(40(32)49)54-29-37-22-13-6-14-23-37)57-41-33(2)42(53-28-36-20-11-5-12-21-36)44(52-25-15-24-47-48-46)56-39(41)31-51-27-35-18-9-4-10-19-35/h3-14,16-23,32-33,38-45,49H,15,24-31H2,1-2H3/t32-,33-,38?,39?,40-,41-,42?,43?,44+,45-/m0/s1. The molecule has 0 bridgehead atoms. The van der Waals surface area contributed by atoms with E-state index in [-0.39, 0.29) is 31.7 Å². The van der Waals surface area contributed by atoms with Crippen LogP contribution in [0.25, 0.3) is 10.4 Å². The van der Waals surface area contributed by atoms with Crippen LogP contribution in [-0.2, 0) is 64.3 Å². The maximum atomic E-state index is 11.9. The maximum absolute atomic E-state index is 11.9. The van der Waals surface area contributed by atoms with Gasteiger partial charge in [-0.2, -0.15) is 0 Å². The molecule has 2 saturated heterocycles. The summed E-state index contributed by atoms with van der Waals surface area (Å²) in [6.07, 6.45) is -5.33. The Morgan fingerprint density at radius 2 is 1.05 bits per heavy atom. The molecule has 2 fully saturated rings. The second kappa shape index (κ2) is 22.7. The van der Waals surface area contributed by atoms with E-state index in [1.54, 1.807) is 0 Å². The maximum Gasteiger partial charge on any atom is 0.187 e. The number of hydrogen-bond acceptors (Lipinski definition) is 10. The molecule has 1 N–H and O–H groups in total. The summed E-state index contributed by atoms with van der Waals surface area (Å²) < 4.78 is 52.3. The number of azide groups is 1. The molecule has 4 unspecified atom stereocenters. The van der Waals surface area contributed by atoms with Crippen LogP contribution >= 0.6 is 0 Å². The molecule has 304 valence electrons. The summed E-state index contributed by atoms with van der Waals surface area (Å²) in [7, 11) is 0. The minimum Gasteiger partial charge on any atom is -0.390 e. The normalized spacial score (nSPS) is 27.4. The third-order valence-corrected chi connectivity index (χ3v) is 10.4. The molecule has 10 atom stereocenters. The fourth-order valence-electron chi connectivity index (χ4n) is 7.14. The molecule has 0 saturated carbocycles. The first-order valence-corrected chi connectivity index (χ1v) is 19.8. The van der Waals surface area contributed by atoms with Crippen molar-refractivity contribution < 1.29 is 43.0 Å². The second-order valence-corrected chi connectivity index (χ2v) is 14.6. The third kappa shape index (κ3) is 12.7. The Bertz CT molecular complexity index is 1750. The average Bonchev–Trinajstić information content (AvgIpc) is 3.24. The van der Waals surface area contributed by atoms with Crippen molar-refractivity contribution in [2.45, 2.75) is 95.9 Å². The van der Waals surface area contributed by atoms with Crippen LogP contribution in [0.5, 0.6) is 0 Å². The van der Waals surface area contributed by atoms with Gasteiger partial charge in [-0.25, -0.2) is 0 Å². The van der Waals surface area contributed by atoms with E-state index in [1.165, 1.54) is 0 Å². The lowest BCUT2D eigenvalue weighted by atomic mass is 9.88. The molecule has 0 aliphatic carbocycles. The fourth-order valence-corrected chi connectivity index (χ4v) is 7.14. The van der Waals surface area contributed by atoms with Crippen molar-refractivity contribution in [2.24, 2.45) is 17.0 Å². The SMILES string of the molecule is C[C@@H]1C(OCc2ccccc2)[C@H](OCCCN=[N+]=[N-])OC(COCc2ccccc2)[C@H]1O[C@@H]1OC(COCc2ccccc2)[C@H](C)[C@H](O)C1OCc1ccccc1. The Morgan fingerprint density at radius 1 is 0.579 bits per heavy atom. The Kier molecular flexibility index (Phi) is 16.9. The van der Waals surface area contributed by atoms with Gasteiger partial charge < -0.3 is 43.0 Å². The average molecular weight is 782 g/mol. The monoisotopic (exact) mass is 781 g/mol. The predicted molar refractivity (Wildman–Crippen MR) is 213 cm³/mol. The number of hydrogen-bond donors (Lipinski definition) is 1. The quantitative estimate of drug-likeness (QED) is 0.0388. The Hall–Kier alpha value is -4.17. The molecule has 57 heavy (non-hydrogen) atoms. The lowest BCUT2D eigenvalue weighted by molar-refractivity contribution is -0.357. The molecule has 2 aliphatic rings. The van der Waals surface area contributed by atoms with Gasteiger partial charge in [0, 0.05) is 29.9 Å². The summed E-state index contributed by atoms with van der Waals surface area (Å²) in [6.45, 7) is 6.35. The van der Waals surface area contributed by atoms with E-state index in [0.29, 0.717) is 39.4 Å². The first-order valence-electron chi connectivity index (χ1n) is 19.8.